The fourth-order valence-electron chi connectivity index (χ4n) is 4.41. The number of piperidine rings is 1. The maximum Gasteiger partial charge on any atom is 0.236 e. The van der Waals surface area contributed by atoms with E-state index in [1.807, 2.05) is 48.7 Å². The van der Waals surface area contributed by atoms with Gasteiger partial charge in [0.15, 0.2) is 0 Å². The molecule has 2 aliphatic rings. The molecule has 2 aliphatic heterocycles. The Labute approximate surface area is 178 Å². The number of rotatable bonds is 7. The number of hydrogen-bond donors (Lipinski definition) is 0. The van der Waals surface area contributed by atoms with Crippen molar-refractivity contribution in [3.05, 3.63) is 60.3 Å². The SMILES string of the molecule is O=C1CCC(c2ccccc2)C(=O)N1CCCCN1CCN(c2ccccn2)CC1. The molecule has 0 aliphatic carbocycles. The second-order valence-electron chi connectivity index (χ2n) is 8.11. The van der Waals surface area contributed by atoms with Gasteiger partial charge in [0.25, 0.3) is 0 Å². The molecule has 4 rings (SSSR count). The lowest BCUT2D eigenvalue weighted by molar-refractivity contribution is -0.149. The zero-order valence-electron chi connectivity index (χ0n) is 17.4. The maximum absolute atomic E-state index is 12.9. The van der Waals surface area contributed by atoms with E-state index in [4.69, 9.17) is 0 Å². The number of anilines is 1. The number of imide groups is 1. The molecule has 1 unspecified atom stereocenters. The lowest BCUT2D eigenvalue weighted by Gasteiger charge is -2.35. The van der Waals surface area contributed by atoms with Crippen LogP contribution in [-0.4, -0.2) is 65.9 Å². The summed E-state index contributed by atoms with van der Waals surface area (Å²) >= 11 is 0. The van der Waals surface area contributed by atoms with E-state index in [-0.39, 0.29) is 17.7 Å². The number of carbonyl (C=O) groups excluding carboxylic acids is 2. The first-order valence-corrected chi connectivity index (χ1v) is 11.0. The van der Waals surface area contributed by atoms with Crippen molar-refractivity contribution in [2.45, 2.75) is 31.6 Å². The quantitative estimate of drug-likeness (QED) is 0.523. The molecule has 1 aromatic carbocycles. The molecule has 6 nitrogen and oxygen atoms in total. The predicted octanol–water partition coefficient (Wildman–Crippen LogP) is 2.92. The topological polar surface area (TPSA) is 56.8 Å². The van der Waals surface area contributed by atoms with E-state index in [1.165, 1.54) is 4.90 Å². The third kappa shape index (κ3) is 4.87. The molecule has 3 heterocycles. The van der Waals surface area contributed by atoms with E-state index in [1.54, 1.807) is 0 Å². The van der Waals surface area contributed by atoms with Crippen LogP contribution in [0, 0.1) is 0 Å². The van der Waals surface area contributed by atoms with Gasteiger partial charge in [0.2, 0.25) is 11.8 Å². The van der Waals surface area contributed by atoms with Gasteiger partial charge in [0, 0.05) is 45.3 Å². The molecule has 0 radical (unpaired) electrons. The summed E-state index contributed by atoms with van der Waals surface area (Å²) in [6, 6.07) is 15.9. The molecule has 2 amide bonds. The number of pyridine rings is 1. The van der Waals surface area contributed by atoms with Crippen LogP contribution in [0.4, 0.5) is 5.82 Å². The number of carbonyl (C=O) groups is 2. The molecule has 30 heavy (non-hydrogen) atoms. The summed E-state index contributed by atoms with van der Waals surface area (Å²) in [6.07, 6.45) is 4.78. The zero-order valence-corrected chi connectivity index (χ0v) is 17.4. The molecular weight excluding hydrogens is 376 g/mol. The van der Waals surface area contributed by atoms with E-state index in [0.29, 0.717) is 19.4 Å². The smallest absolute Gasteiger partial charge is 0.236 e. The van der Waals surface area contributed by atoms with Crippen LogP contribution in [0.5, 0.6) is 0 Å². The summed E-state index contributed by atoms with van der Waals surface area (Å²) in [5.41, 5.74) is 1.02. The monoisotopic (exact) mass is 406 g/mol. The highest BCUT2D eigenvalue weighted by molar-refractivity contribution is 6.01. The van der Waals surface area contributed by atoms with E-state index in [2.05, 4.69) is 20.9 Å². The van der Waals surface area contributed by atoms with Crippen LogP contribution in [0.3, 0.4) is 0 Å². The molecule has 0 saturated carbocycles. The van der Waals surface area contributed by atoms with Crippen molar-refractivity contribution in [3.63, 3.8) is 0 Å². The molecular formula is C24H30N4O2. The average molecular weight is 407 g/mol. The van der Waals surface area contributed by atoms with Crippen molar-refractivity contribution < 1.29 is 9.59 Å². The van der Waals surface area contributed by atoms with Crippen molar-refractivity contribution in [1.82, 2.24) is 14.8 Å². The highest BCUT2D eigenvalue weighted by Gasteiger charge is 2.34. The second-order valence-corrected chi connectivity index (χ2v) is 8.11. The van der Waals surface area contributed by atoms with Gasteiger partial charge in [0.05, 0.1) is 5.92 Å². The number of unbranched alkanes of at least 4 members (excludes halogenated alkanes) is 1. The highest BCUT2D eigenvalue weighted by Crippen LogP contribution is 2.29. The standard InChI is InChI=1S/C24H30N4O2/c29-23-12-11-21(20-8-2-1-3-9-20)24(30)28(23)15-7-6-14-26-16-18-27(19-17-26)22-10-4-5-13-25-22/h1-5,8-10,13,21H,6-7,11-12,14-19H2. The molecule has 0 bridgehead atoms. The largest absolute Gasteiger partial charge is 0.354 e. The Morgan fingerprint density at radius 1 is 0.867 bits per heavy atom. The zero-order chi connectivity index (χ0) is 20.8. The third-order valence-electron chi connectivity index (χ3n) is 6.17. The molecule has 2 fully saturated rings. The molecule has 1 aromatic heterocycles. The van der Waals surface area contributed by atoms with E-state index >= 15 is 0 Å². The summed E-state index contributed by atoms with van der Waals surface area (Å²) in [4.78, 5) is 35.9. The number of hydrogen-bond acceptors (Lipinski definition) is 5. The van der Waals surface area contributed by atoms with Gasteiger partial charge in [-0.15, -0.1) is 0 Å². The van der Waals surface area contributed by atoms with Gasteiger partial charge in [-0.2, -0.15) is 0 Å². The molecule has 0 spiro atoms. The maximum atomic E-state index is 12.9. The van der Waals surface area contributed by atoms with Gasteiger partial charge in [0.1, 0.15) is 5.82 Å². The van der Waals surface area contributed by atoms with Crippen LogP contribution >= 0.6 is 0 Å². The van der Waals surface area contributed by atoms with Gasteiger partial charge in [-0.1, -0.05) is 36.4 Å². The third-order valence-corrected chi connectivity index (χ3v) is 6.17. The van der Waals surface area contributed by atoms with Crippen LogP contribution in [0.15, 0.2) is 54.7 Å². The van der Waals surface area contributed by atoms with Crippen LogP contribution in [0.1, 0.15) is 37.2 Å². The Morgan fingerprint density at radius 3 is 2.33 bits per heavy atom. The summed E-state index contributed by atoms with van der Waals surface area (Å²) in [6.45, 7) is 5.56. The Kier molecular flexibility index (Phi) is 6.74. The van der Waals surface area contributed by atoms with E-state index in [9.17, 15) is 9.59 Å². The Bertz CT molecular complexity index is 835. The fourth-order valence-corrected chi connectivity index (χ4v) is 4.41. The van der Waals surface area contributed by atoms with Gasteiger partial charge < -0.3 is 4.90 Å². The van der Waals surface area contributed by atoms with Gasteiger partial charge in [-0.25, -0.2) is 4.98 Å². The molecule has 2 aromatic rings. The Morgan fingerprint density at radius 2 is 1.60 bits per heavy atom. The first kappa shape index (κ1) is 20.5. The molecule has 1 atom stereocenters. The van der Waals surface area contributed by atoms with Gasteiger partial charge in [-0.3, -0.25) is 19.4 Å². The molecule has 6 heteroatoms. The molecule has 2 saturated heterocycles. The summed E-state index contributed by atoms with van der Waals surface area (Å²) in [7, 11) is 0. The minimum absolute atomic E-state index is 0.0174. The number of nitrogens with zero attached hydrogens (tertiary/aromatic N) is 4. The minimum Gasteiger partial charge on any atom is -0.354 e. The van der Waals surface area contributed by atoms with Crippen molar-refractivity contribution in [1.29, 1.82) is 0 Å². The van der Waals surface area contributed by atoms with Crippen LogP contribution in [-0.2, 0) is 9.59 Å². The van der Waals surface area contributed by atoms with E-state index in [0.717, 1.165) is 56.9 Å². The number of benzene rings is 1. The number of piperazine rings is 1. The summed E-state index contributed by atoms with van der Waals surface area (Å²) in [5, 5.41) is 0. The predicted molar refractivity (Wildman–Crippen MR) is 117 cm³/mol. The van der Waals surface area contributed by atoms with Crippen LogP contribution in [0.2, 0.25) is 0 Å². The first-order valence-electron chi connectivity index (χ1n) is 11.0. The van der Waals surface area contributed by atoms with Crippen molar-refractivity contribution in [3.8, 4) is 0 Å². The summed E-state index contributed by atoms with van der Waals surface area (Å²) < 4.78 is 0. The normalized spacial score (nSPS) is 20.6. The van der Waals surface area contributed by atoms with Crippen molar-refractivity contribution in [2.75, 3.05) is 44.2 Å². The Balaban J connectivity index is 1.20. The number of likely N-dealkylation sites (tertiary alicyclic amines) is 1. The lowest BCUT2D eigenvalue weighted by Crippen LogP contribution is -2.47. The summed E-state index contributed by atoms with van der Waals surface area (Å²) in [5.74, 6) is 0.827. The Hall–Kier alpha value is -2.73. The van der Waals surface area contributed by atoms with E-state index < -0.39 is 0 Å². The highest BCUT2D eigenvalue weighted by atomic mass is 16.2. The fraction of sp³-hybridized carbons (Fsp3) is 0.458. The second kappa shape index (κ2) is 9.85. The molecule has 0 N–H and O–H groups in total. The van der Waals surface area contributed by atoms with Gasteiger partial charge in [-0.05, 0) is 43.5 Å². The van der Waals surface area contributed by atoms with Gasteiger partial charge >= 0.3 is 0 Å². The number of amides is 2. The molecule has 158 valence electrons. The van der Waals surface area contributed by atoms with Crippen LogP contribution < -0.4 is 4.90 Å². The van der Waals surface area contributed by atoms with Crippen LogP contribution in [0.25, 0.3) is 0 Å². The van der Waals surface area contributed by atoms with Crippen molar-refractivity contribution in [2.24, 2.45) is 0 Å². The van der Waals surface area contributed by atoms with Crippen molar-refractivity contribution >= 4 is 17.6 Å². The number of aromatic nitrogens is 1. The first-order chi connectivity index (χ1) is 14.7. The lowest BCUT2D eigenvalue weighted by atomic mass is 9.89. The average Bonchev–Trinajstić information content (AvgIpc) is 2.80. The minimum atomic E-state index is -0.177.